The van der Waals surface area contributed by atoms with Crippen LogP contribution in [0.4, 0.5) is 0 Å². The number of benzene rings is 2. The van der Waals surface area contributed by atoms with Crippen molar-refractivity contribution >= 4 is 28.5 Å². The fourth-order valence-electron chi connectivity index (χ4n) is 3.11. The zero-order valence-corrected chi connectivity index (χ0v) is 14.2. The minimum atomic E-state index is -1.04. The Labute approximate surface area is 148 Å². The number of carboxylic acids is 1. The van der Waals surface area contributed by atoms with Crippen molar-refractivity contribution in [2.75, 3.05) is 6.79 Å². The summed E-state index contributed by atoms with van der Waals surface area (Å²) in [4.78, 5) is 11.6. The molecule has 1 N–H and O–H groups in total. The molecule has 1 aromatic heterocycles. The van der Waals surface area contributed by atoms with Crippen molar-refractivity contribution in [2.45, 2.75) is 19.9 Å². The molecular formula is C18H15ClN2O4. The van der Waals surface area contributed by atoms with Gasteiger partial charge in [0.1, 0.15) is 0 Å². The molecule has 2 heterocycles. The highest BCUT2D eigenvalue weighted by molar-refractivity contribution is 6.31. The number of fused-ring (bicyclic) bond motifs is 2. The number of aryl methyl sites for hydroxylation is 1. The summed E-state index contributed by atoms with van der Waals surface area (Å²) >= 11 is 6.34. The van der Waals surface area contributed by atoms with E-state index in [1.54, 1.807) is 10.7 Å². The third kappa shape index (κ3) is 2.59. The van der Waals surface area contributed by atoms with E-state index in [1.165, 1.54) is 0 Å². The fraction of sp³-hybridized carbons (Fsp3) is 0.222. The summed E-state index contributed by atoms with van der Waals surface area (Å²) in [6, 6.07) is 9.22. The predicted octanol–water partition coefficient (Wildman–Crippen LogP) is 3.73. The largest absolute Gasteiger partial charge is 0.476 e. The van der Waals surface area contributed by atoms with Crippen LogP contribution in [-0.2, 0) is 13.0 Å². The van der Waals surface area contributed by atoms with Gasteiger partial charge in [-0.3, -0.25) is 4.68 Å². The van der Waals surface area contributed by atoms with Gasteiger partial charge in [-0.2, -0.15) is 5.10 Å². The van der Waals surface area contributed by atoms with Gasteiger partial charge < -0.3 is 14.6 Å². The Kier molecular flexibility index (Phi) is 3.77. The van der Waals surface area contributed by atoms with Gasteiger partial charge in [-0.1, -0.05) is 30.7 Å². The lowest BCUT2D eigenvalue weighted by molar-refractivity contribution is 0.0691. The zero-order chi connectivity index (χ0) is 17.6. The van der Waals surface area contributed by atoms with Gasteiger partial charge in [-0.05, 0) is 29.7 Å². The molecule has 2 aromatic carbocycles. The molecule has 0 atom stereocenters. The molecule has 0 saturated heterocycles. The first-order chi connectivity index (χ1) is 12.1. The number of hydrogen-bond donors (Lipinski definition) is 1. The quantitative estimate of drug-likeness (QED) is 0.769. The highest BCUT2D eigenvalue weighted by Gasteiger charge is 2.21. The number of aromatic nitrogens is 2. The Hall–Kier alpha value is -2.73. The van der Waals surface area contributed by atoms with Crippen LogP contribution in [0, 0.1) is 0 Å². The van der Waals surface area contributed by atoms with Crippen LogP contribution in [0.25, 0.3) is 10.9 Å². The maximum absolute atomic E-state index is 11.6. The van der Waals surface area contributed by atoms with Crippen LogP contribution in [0.15, 0.2) is 30.3 Å². The second-order valence-electron chi connectivity index (χ2n) is 5.77. The molecule has 1 aliphatic rings. The molecule has 0 amide bonds. The van der Waals surface area contributed by atoms with Crippen LogP contribution >= 0.6 is 11.6 Å². The van der Waals surface area contributed by atoms with Gasteiger partial charge in [-0.15, -0.1) is 0 Å². The van der Waals surface area contributed by atoms with Crippen LogP contribution in [0.3, 0.4) is 0 Å². The van der Waals surface area contributed by atoms with Crippen LogP contribution < -0.4 is 9.47 Å². The van der Waals surface area contributed by atoms with Gasteiger partial charge in [-0.25, -0.2) is 4.79 Å². The van der Waals surface area contributed by atoms with Gasteiger partial charge in [0.05, 0.1) is 12.1 Å². The Balaban J connectivity index is 1.84. The molecule has 0 fully saturated rings. The average Bonchev–Trinajstić information content (AvgIpc) is 3.19. The smallest absolute Gasteiger partial charge is 0.357 e. The van der Waals surface area contributed by atoms with Gasteiger partial charge in [0.15, 0.2) is 17.2 Å². The van der Waals surface area contributed by atoms with E-state index in [-0.39, 0.29) is 12.5 Å². The molecule has 4 rings (SSSR count). The lowest BCUT2D eigenvalue weighted by atomic mass is 10.1. The van der Waals surface area contributed by atoms with Gasteiger partial charge in [0, 0.05) is 16.5 Å². The van der Waals surface area contributed by atoms with Crippen molar-refractivity contribution in [3.05, 3.63) is 52.2 Å². The molecule has 0 saturated carbocycles. The standard InChI is InChI=1S/C18H15ClN2O4/c1-2-10-4-3-5-13-16(10)17(18(22)23)20-21(13)8-11-6-14-15(7-12(11)19)25-9-24-14/h3-7H,2,8-9H2,1H3,(H,22,23). The zero-order valence-electron chi connectivity index (χ0n) is 13.5. The van der Waals surface area contributed by atoms with Gasteiger partial charge in [0.2, 0.25) is 6.79 Å². The Morgan fingerprint density at radius 2 is 2.04 bits per heavy atom. The first kappa shape index (κ1) is 15.8. The minimum absolute atomic E-state index is 0.0596. The van der Waals surface area contributed by atoms with E-state index in [1.807, 2.05) is 31.2 Å². The molecule has 0 aliphatic carbocycles. The van der Waals surface area contributed by atoms with E-state index in [0.717, 1.165) is 23.1 Å². The molecule has 0 unspecified atom stereocenters. The van der Waals surface area contributed by atoms with E-state index in [4.69, 9.17) is 21.1 Å². The molecular weight excluding hydrogens is 344 g/mol. The first-order valence-electron chi connectivity index (χ1n) is 7.88. The lowest BCUT2D eigenvalue weighted by Gasteiger charge is -2.08. The summed E-state index contributed by atoms with van der Waals surface area (Å²) in [7, 11) is 0. The molecule has 3 aromatic rings. The van der Waals surface area contributed by atoms with Gasteiger partial charge >= 0.3 is 5.97 Å². The number of carboxylic acid groups (broad SMARTS) is 1. The van der Waals surface area contributed by atoms with Crippen molar-refractivity contribution in [3.8, 4) is 11.5 Å². The van der Waals surface area contributed by atoms with Crippen molar-refractivity contribution < 1.29 is 19.4 Å². The van der Waals surface area contributed by atoms with Crippen LogP contribution in [0.5, 0.6) is 11.5 Å². The monoisotopic (exact) mass is 358 g/mol. The number of nitrogens with zero attached hydrogens (tertiary/aromatic N) is 2. The molecule has 128 valence electrons. The van der Waals surface area contributed by atoms with Crippen LogP contribution in [0.1, 0.15) is 28.5 Å². The average molecular weight is 359 g/mol. The molecule has 6 nitrogen and oxygen atoms in total. The summed E-state index contributed by atoms with van der Waals surface area (Å²) in [5.74, 6) is 0.198. The predicted molar refractivity (Wildman–Crippen MR) is 92.7 cm³/mol. The molecule has 0 spiro atoms. The molecule has 1 aliphatic heterocycles. The highest BCUT2D eigenvalue weighted by atomic mass is 35.5. The topological polar surface area (TPSA) is 73.6 Å². The Morgan fingerprint density at radius 3 is 2.76 bits per heavy atom. The third-order valence-corrected chi connectivity index (χ3v) is 4.66. The maximum atomic E-state index is 11.6. The fourth-order valence-corrected chi connectivity index (χ4v) is 3.32. The maximum Gasteiger partial charge on any atom is 0.357 e. The highest BCUT2D eigenvalue weighted by Crippen LogP contribution is 2.37. The van der Waals surface area contributed by atoms with E-state index in [9.17, 15) is 9.90 Å². The van der Waals surface area contributed by atoms with Crippen molar-refractivity contribution in [1.82, 2.24) is 9.78 Å². The third-order valence-electron chi connectivity index (χ3n) is 4.31. The number of ether oxygens (including phenoxy) is 2. The number of halogens is 1. The number of hydrogen-bond acceptors (Lipinski definition) is 4. The van der Waals surface area contributed by atoms with E-state index in [0.29, 0.717) is 28.5 Å². The van der Waals surface area contributed by atoms with E-state index < -0.39 is 5.97 Å². The van der Waals surface area contributed by atoms with Crippen molar-refractivity contribution in [2.24, 2.45) is 0 Å². The second kappa shape index (κ2) is 5.97. The number of rotatable bonds is 4. The summed E-state index contributed by atoms with van der Waals surface area (Å²) in [6.07, 6.45) is 0.730. The second-order valence-corrected chi connectivity index (χ2v) is 6.18. The number of carbonyl (C=O) groups is 1. The van der Waals surface area contributed by atoms with Crippen LogP contribution in [-0.4, -0.2) is 27.6 Å². The molecule has 7 heteroatoms. The summed E-state index contributed by atoms with van der Waals surface area (Å²) in [6.45, 7) is 2.50. The molecule has 0 radical (unpaired) electrons. The molecule has 25 heavy (non-hydrogen) atoms. The first-order valence-corrected chi connectivity index (χ1v) is 8.26. The van der Waals surface area contributed by atoms with Gasteiger partial charge in [0.25, 0.3) is 0 Å². The van der Waals surface area contributed by atoms with Crippen LogP contribution in [0.2, 0.25) is 5.02 Å². The summed E-state index contributed by atoms with van der Waals surface area (Å²) in [5.41, 5.74) is 2.57. The minimum Gasteiger partial charge on any atom is -0.476 e. The lowest BCUT2D eigenvalue weighted by Crippen LogP contribution is -2.05. The van der Waals surface area contributed by atoms with Crippen molar-refractivity contribution in [1.29, 1.82) is 0 Å². The van der Waals surface area contributed by atoms with E-state index >= 15 is 0 Å². The van der Waals surface area contributed by atoms with E-state index in [2.05, 4.69) is 5.10 Å². The Bertz CT molecular complexity index is 996. The SMILES string of the molecule is CCc1cccc2c1c(C(=O)O)nn2Cc1cc2c(cc1Cl)OCO2. The molecule has 0 bridgehead atoms. The summed E-state index contributed by atoms with van der Waals surface area (Å²) in [5, 5.41) is 15.0. The number of aromatic carboxylic acids is 1. The Morgan fingerprint density at radius 1 is 1.28 bits per heavy atom. The van der Waals surface area contributed by atoms with Crippen molar-refractivity contribution in [3.63, 3.8) is 0 Å². The normalized spacial score (nSPS) is 12.7. The summed E-state index contributed by atoms with van der Waals surface area (Å²) < 4.78 is 12.4.